The number of nitriles is 1. The summed E-state index contributed by atoms with van der Waals surface area (Å²) in [7, 11) is 0. The minimum atomic E-state index is -0.665. The van der Waals surface area contributed by atoms with Gasteiger partial charge in [-0.1, -0.05) is 25.7 Å². The summed E-state index contributed by atoms with van der Waals surface area (Å²) in [6.07, 6.45) is 6.15. The molecule has 18 heavy (non-hydrogen) atoms. The summed E-state index contributed by atoms with van der Waals surface area (Å²) in [6.45, 7) is 0.462. The van der Waals surface area contributed by atoms with E-state index in [1.54, 1.807) is 0 Å². The number of nitrogen functional groups attached to an aromatic ring is 1. The molecule has 0 aliphatic heterocycles. The van der Waals surface area contributed by atoms with Crippen molar-refractivity contribution in [3.63, 3.8) is 0 Å². The molecule has 1 aromatic heterocycles. The van der Waals surface area contributed by atoms with Gasteiger partial charge in [0.25, 0.3) is 0 Å². The van der Waals surface area contributed by atoms with Crippen molar-refractivity contribution in [2.75, 3.05) is 17.6 Å². The van der Waals surface area contributed by atoms with Crippen LogP contribution in [0.15, 0.2) is 0 Å². The second-order valence-corrected chi connectivity index (χ2v) is 5.65. The molecule has 6 heteroatoms. The summed E-state index contributed by atoms with van der Waals surface area (Å²) in [5.41, 5.74) is 5.31. The first-order valence-electron chi connectivity index (χ1n) is 6.26. The smallest absolute Gasteiger partial charge is 0.157 e. The molecule has 0 bridgehead atoms. The molecule has 1 saturated carbocycles. The Labute approximate surface area is 111 Å². The highest BCUT2D eigenvalue weighted by molar-refractivity contribution is 7.10. The zero-order valence-corrected chi connectivity index (χ0v) is 11.1. The molecule has 1 aliphatic rings. The Morgan fingerprint density at radius 3 is 2.67 bits per heavy atom. The molecule has 4 N–H and O–H groups in total. The molecule has 0 saturated heterocycles. The van der Waals surface area contributed by atoms with Crippen LogP contribution < -0.4 is 11.1 Å². The maximum atomic E-state index is 10.5. The molecule has 0 unspecified atom stereocenters. The third kappa shape index (κ3) is 2.92. The predicted molar refractivity (Wildman–Crippen MR) is 72.4 cm³/mol. The molecule has 0 radical (unpaired) electrons. The third-order valence-corrected chi connectivity index (χ3v) is 4.26. The van der Waals surface area contributed by atoms with Gasteiger partial charge >= 0.3 is 0 Å². The maximum Gasteiger partial charge on any atom is 0.157 e. The molecular weight excluding hydrogens is 248 g/mol. The number of anilines is 2. The van der Waals surface area contributed by atoms with Gasteiger partial charge in [-0.05, 0) is 24.4 Å². The summed E-state index contributed by atoms with van der Waals surface area (Å²) in [5.74, 6) is 0.262. The standard InChI is InChI=1S/C12H18N4OS/c13-7-9-10(14)16-18-11(9)15-8-12(17)5-3-1-2-4-6-12/h15,17H,1-6,8H2,(H2,14,16). The Hall–Kier alpha value is -1.32. The minimum Gasteiger partial charge on any atom is -0.388 e. The quantitative estimate of drug-likeness (QED) is 0.728. The minimum absolute atomic E-state index is 0.262. The lowest BCUT2D eigenvalue weighted by atomic mass is 9.94. The van der Waals surface area contributed by atoms with Gasteiger partial charge in [-0.15, -0.1) is 0 Å². The molecule has 0 atom stereocenters. The first-order chi connectivity index (χ1) is 8.64. The van der Waals surface area contributed by atoms with E-state index in [1.165, 1.54) is 24.4 Å². The van der Waals surface area contributed by atoms with Crippen LogP contribution in [0.25, 0.3) is 0 Å². The number of hydrogen-bond acceptors (Lipinski definition) is 6. The zero-order chi connectivity index (χ0) is 13.0. The normalized spacial score (nSPS) is 18.9. The average molecular weight is 266 g/mol. The molecule has 5 nitrogen and oxygen atoms in total. The van der Waals surface area contributed by atoms with E-state index in [2.05, 4.69) is 9.69 Å². The number of aromatic nitrogens is 1. The van der Waals surface area contributed by atoms with E-state index in [4.69, 9.17) is 11.0 Å². The lowest BCUT2D eigenvalue weighted by Gasteiger charge is -2.26. The molecule has 1 fully saturated rings. The average Bonchev–Trinajstić information content (AvgIpc) is 2.56. The fourth-order valence-corrected chi connectivity index (χ4v) is 3.00. The van der Waals surface area contributed by atoms with Gasteiger partial charge in [0.05, 0.1) is 5.60 Å². The zero-order valence-electron chi connectivity index (χ0n) is 10.3. The molecule has 0 spiro atoms. The lowest BCUT2D eigenvalue weighted by Crippen LogP contribution is -2.36. The highest BCUT2D eigenvalue weighted by Gasteiger charge is 2.28. The van der Waals surface area contributed by atoms with Crippen LogP contribution in [0.4, 0.5) is 10.8 Å². The van der Waals surface area contributed by atoms with Gasteiger partial charge in [0, 0.05) is 6.54 Å². The summed E-state index contributed by atoms with van der Waals surface area (Å²) in [5, 5.41) is 23.2. The molecule has 0 amide bonds. The molecule has 98 valence electrons. The number of aliphatic hydroxyl groups is 1. The lowest BCUT2D eigenvalue weighted by molar-refractivity contribution is 0.0382. The number of nitrogens with zero attached hydrogens (tertiary/aromatic N) is 2. The van der Waals surface area contributed by atoms with E-state index in [9.17, 15) is 5.11 Å². The van der Waals surface area contributed by atoms with Gasteiger partial charge in [-0.25, -0.2) is 0 Å². The van der Waals surface area contributed by atoms with E-state index in [0.717, 1.165) is 25.7 Å². The topological polar surface area (TPSA) is 95.0 Å². The Morgan fingerprint density at radius 2 is 2.06 bits per heavy atom. The van der Waals surface area contributed by atoms with Crippen LogP contribution in [0.3, 0.4) is 0 Å². The number of hydrogen-bond donors (Lipinski definition) is 3. The SMILES string of the molecule is N#Cc1c(N)nsc1NCC1(O)CCCCCC1. The first-order valence-corrected chi connectivity index (χ1v) is 7.03. The van der Waals surface area contributed by atoms with Crippen molar-refractivity contribution in [3.8, 4) is 6.07 Å². The van der Waals surface area contributed by atoms with Gasteiger partial charge in [0.15, 0.2) is 5.82 Å². The number of rotatable bonds is 3. The second kappa shape index (κ2) is 5.55. The molecule has 2 rings (SSSR count). The molecule has 0 aromatic carbocycles. The van der Waals surface area contributed by atoms with Crippen molar-refractivity contribution in [2.24, 2.45) is 0 Å². The van der Waals surface area contributed by atoms with Gasteiger partial charge in [-0.2, -0.15) is 9.64 Å². The van der Waals surface area contributed by atoms with Crippen LogP contribution in [0.5, 0.6) is 0 Å². The van der Waals surface area contributed by atoms with E-state index >= 15 is 0 Å². The number of nitrogens with two attached hydrogens (primary N) is 1. The van der Waals surface area contributed by atoms with E-state index < -0.39 is 5.60 Å². The van der Waals surface area contributed by atoms with Crippen LogP contribution in [0.1, 0.15) is 44.1 Å². The molecule has 1 heterocycles. The van der Waals surface area contributed by atoms with Crippen molar-refractivity contribution in [1.29, 1.82) is 5.26 Å². The second-order valence-electron chi connectivity index (χ2n) is 4.88. The molecule has 1 aromatic rings. The van der Waals surface area contributed by atoms with E-state index in [-0.39, 0.29) is 5.82 Å². The fourth-order valence-electron chi connectivity index (χ4n) is 2.34. The van der Waals surface area contributed by atoms with Crippen molar-refractivity contribution in [2.45, 2.75) is 44.1 Å². The van der Waals surface area contributed by atoms with E-state index in [1.807, 2.05) is 6.07 Å². The predicted octanol–water partition coefficient (Wildman–Crippen LogP) is 2.09. The van der Waals surface area contributed by atoms with Gasteiger partial charge in [-0.3, -0.25) is 0 Å². The van der Waals surface area contributed by atoms with Crippen LogP contribution >= 0.6 is 11.5 Å². The van der Waals surface area contributed by atoms with Crippen molar-refractivity contribution in [3.05, 3.63) is 5.56 Å². The van der Waals surface area contributed by atoms with Gasteiger partial charge in [0.1, 0.15) is 16.6 Å². The van der Waals surface area contributed by atoms with Gasteiger partial charge in [0.2, 0.25) is 0 Å². The Balaban J connectivity index is 2.00. The highest BCUT2D eigenvalue weighted by Crippen LogP contribution is 2.30. The first kappa shape index (κ1) is 13.1. The van der Waals surface area contributed by atoms with Crippen LogP contribution in [-0.2, 0) is 0 Å². The summed E-state index contributed by atoms with van der Waals surface area (Å²) in [4.78, 5) is 0. The van der Waals surface area contributed by atoms with Crippen LogP contribution in [-0.4, -0.2) is 21.6 Å². The monoisotopic (exact) mass is 266 g/mol. The third-order valence-electron chi connectivity index (χ3n) is 3.44. The number of nitrogens with one attached hydrogen (secondary N) is 1. The maximum absolute atomic E-state index is 10.5. The summed E-state index contributed by atoms with van der Waals surface area (Å²) < 4.78 is 3.95. The Bertz CT molecular complexity index is 443. The largest absolute Gasteiger partial charge is 0.388 e. The van der Waals surface area contributed by atoms with E-state index in [0.29, 0.717) is 17.1 Å². The van der Waals surface area contributed by atoms with Crippen LogP contribution in [0, 0.1) is 11.3 Å². The van der Waals surface area contributed by atoms with Gasteiger partial charge < -0.3 is 16.2 Å². The molecular formula is C12H18N4OS. The molecule has 1 aliphatic carbocycles. The Morgan fingerprint density at radius 1 is 1.39 bits per heavy atom. The van der Waals surface area contributed by atoms with Crippen molar-refractivity contribution < 1.29 is 5.11 Å². The van der Waals surface area contributed by atoms with Crippen molar-refractivity contribution in [1.82, 2.24) is 4.37 Å². The Kier molecular flexibility index (Phi) is 4.04. The van der Waals surface area contributed by atoms with Crippen LogP contribution in [0.2, 0.25) is 0 Å². The summed E-state index contributed by atoms with van der Waals surface area (Å²) >= 11 is 1.17. The summed E-state index contributed by atoms with van der Waals surface area (Å²) in [6, 6.07) is 2.04. The highest BCUT2D eigenvalue weighted by atomic mass is 32.1. The van der Waals surface area contributed by atoms with Crippen molar-refractivity contribution >= 4 is 22.4 Å². The fraction of sp³-hybridized carbons (Fsp3) is 0.667.